The van der Waals surface area contributed by atoms with E-state index in [-0.39, 0.29) is 11.5 Å². The Bertz CT molecular complexity index is 268. The molecule has 15 heavy (non-hydrogen) atoms. The average molecular weight is 210 g/mol. The molecule has 2 rings (SSSR count). The van der Waals surface area contributed by atoms with Crippen molar-refractivity contribution in [1.29, 1.82) is 0 Å². The number of hydrogen-bond acceptors (Lipinski definition) is 3. The molecule has 0 aromatic rings. The molecule has 1 spiro atoms. The van der Waals surface area contributed by atoms with E-state index in [0.717, 1.165) is 38.2 Å². The average Bonchev–Trinajstić information content (AvgIpc) is 2.24. The zero-order valence-corrected chi connectivity index (χ0v) is 9.21. The Morgan fingerprint density at radius 2 is 2.20 bits per heavy atom. The molecule has 0 bridgehead atoms. The van der Waals surface area contributed by atoms with Gasteiger partial charge in [0.05, 0.1) is 12.2 Å². The molecule has 0 aromatic heterocycles. The summed E-state index contributed by atoms with van der Waals surface area (Å²) in [7, 11) is 0. The van der Waals surface area contributed by atoms with E-state index in [1.165, 1.54) is 0 Å². The van der Waals surface area contributed by atoms with E-state index < -0.39 is 0 Å². The third kappa shape index (κ3) is 2.15. The molecule has 0 atom stereocenters. The molecule has 2 aliphatic rings. The van der Waals surface area contributed by atoms with Gasteiger partial charge in [0.25, 0.3) is 0 Å². The van der Waals surface area contributed by atoms with Crippen LogP contribution in [-0.2, 0) is 9.53 Å². The SMILES string of the molecule is C=C1COC2(CCN(C(C)=O)CC2)CN1. The molecule has 2 aliphatic heterocycles. The van der Waals surface area contributed by atoms with E-state index in [1.54, 1.807) is 6.92 Å². The van der Waals surface area contributed by atoms with Gasteiger partial charge < -0.3 is 15.0 Å². The Morgan fingerprint density at radius 3 is 2.67 bits per heavy atom. The second kappa shape index (κ2) is 3.85. The summed E-state index contributed by atoms with van der Waals surface area (Å²) in [6.45, 7) is 8.51. The quantitative estimate of drug-likeness (QED) is 0.633. The minimum atomic E-state index is -0.0624. The lowest BCUT2D eigenvalue weighted by molar-refractivity contribution is -0.136. The second-order valence-corrected chi connectivity index (χ2v) is 4.43. The van der Waals surface area contributed by atoms with Crippen molar-refractivity contribution in [2.45, 2.75) is 25.4 Å². The third-order valence-corrected chi connectivity index (χ3v) is 3.33. The van der Waals surface area contributed by atoms with Crippen LogP contribution in [-0.4, -0.2) is 42.6 Å². The number of rotatable bonds is 0. The van der Waals surface area contributed by atoms with Crippen LogP contribution in [0.2, 0.25) is 0 Å². The Hall–Kier alpha value is -1.03. The van der Waals surface area contributed by atoms with Gasteiger partial charge in [-0.15, -0.1) is 0 Å². The summed E-state index contributed by atoms with van der Waals surface area (Å²) in [6.07, 6.45) is 1.85. The van der Waals surface area contributed by atoms with E-state index >= 15 is 0 Å². The number of ether oxygens (including phenoxy) is 1. The highest BCUT2D eigenvalue weighted by atomic mass is 16.5. The van der Waals surface area contributed by atoms with Crippen molar-refractivity contribution in [3.05, 3.63) is 12.3 Å². The fraction of sp³-hybridized carbons (Fsp3) is 0.727. The molecular weight excluding hydrogens is 192 g/mol. The van der Waals surface area contributed by atoms with Crippen molar-refractivity contribution in [3.63, 3.8) is 0 Å². The number of morpholine rings is 1. The first kappa shape index (κ1) is 10.5. The van der Waals surface area contributed by atoms with Gasteiger partial charge >= 0.3 is 0 Å². The molecule has 0 radical (unpaired) electrons. The van der Waals surface area contributed by atoms with E-state index in [9.17, 15) is 4.79 Å². The molecular formula is C11H18N2O2. The summed E-state index contributed by atoms with van der Waals surface area (Å²) < 4.78 is 5.85. The number of likely N-dealkylation sites (tertiary alicyclic amines) is 1. The fourth-order valence-electron chi connectivity index (χ4n) is 2.18. The lowest BCUT2D eigenvalue weighted by atomic mass is 9.90. The molecule has 2 heterocycles. The number of nitrogens with one attached hydrogen (secondary N) is 1. The number of carbonyl (C=O) groups is 1. The van der Waals surface area contributed by atoms with Crippen LogP contribution in [0.4, 0.5) is 0 Å². The molecule has 84 valence electrons. The topological polar surface area (TPSA) is 41.6 Å². The zero-order chi connectivity index (χ0) is 10.9. The largest absolute Gasteiger partial charge is 0.384 e. The van der Waals surface area contributed by atoms with Crippen molar-refractivity contribution in [2.75, 3.05) is 26.2 Å². The molecule has 0 aromatic carbocycles. The minimum Gasteiger partial charge on any atom is -0.384 e. The summed E-state index contributed by atoms with van der Waals surface area (Å²) in [5.41, 5.74) is 0.891. The maximum absolute atomic E-state index is 11.2. The van der Waals surface area contributed by atoms with Crippen LogP contribution in [0, 0.1) is 0 Å². The van der Waals surface area contributed by atoms with Gasteiger partial charge in [-0.1, -0.05) is 6.58 Å². The van der Waals surface area contributed by atoms with Gasteiger partial charge in [-0.3, -0.25) is 4.79 Å². The minimum absolute atomic E-state index is 0.0624. The fourth-order valence-corrected chi connectivity index (χ4v) is 2.18. The first-order valence-corrected chi connectivity index (χ1v) is 5.42. The molecule has 0 saturated carbocycles. The molecule has 0 aliphatic carbocycles. The van der Waals surface area contributed by atoms with Crippen molar-refractivity contribution in [3.8, 4) is 0 Å². The van der Waals surface area contributed by atoms with Crippen LogP contribution in [0.1, 0.15) is 19.8 Å². The molecule has 4 nitrogen and oxygen atoms in total. The predicted octanol–water partition coefficient (Wildman–Crippen LogP) is 0.501. The first-order valence-electron chi connectivity index (χ1n) is 5.42. The van der Waals surface area contributed by atoms with Gasteiger partial charge in [-0.2, -0.15) is 0 Å². The smallest absolute Gasteiger partial charge is 0.219 e. The number of hydrogen-bond donors (Lipinski definition) is 1. The molecule has 0 unspecified atom stereocenters. The van der Waals surface area contributed by atoms with E-state index in [0.29, 0.717) is 6.61 Å². The normalized spacial score (nSPS) is 25.1. The maximum Gasteiger partial charge on any atom is 0.219 e. The van der Waals surface area contributed by atoms with E-state index in [1.807, 2.05) is 4.90 Å². The summed E-state index contributed by atoms with van der Waals surface area (Å²) in [6, 6.07) is 0. The van der Waals surface area contributed by atoms with Crippen LogP contribution in [0.5, 0.6) is 0 Å². The van der Waals surface area contributed by atoms with Gasteiger partial charge in [-0.05, 0) is 12.8 Å². The molecule has 2 saturated heterocycles. The lowest BCUT2D eigenvalue weighted by Gasteiger charge is -2.44. The van der Waals surface area contributed by atoms with Gasteiger partial charge in [0, 0.05) is 32.3 Å². The second-order valence-electron chi connectivity index (χ2n) is 4.43. The monoisotopic (exact) mass is 210 g/mol. The molecule has 1 amide bonds. The maximum atomic E-state index is 11.2. The first-order chi connectivity index (χ1) is 7.11. The zero-order valence-electron chi connectivity index (χ0n) is 9.21. The highest BCUT2D eigenvalue weighted by molar-refractivity contribution is 5.73. The number of amides is 1. The summed E-state index contributed by atoms with van der Waals surface area (Å²) in [5.74, 6) is 0.165. The van der Waals surface area contributed by atoms with Crippen molar-refractivity contribution >= 4 is 5.91 Å². The molecule has 1 N–H and O–H groups in total. The Kier molecular flexibility index (Phi) is 2.69. The summed E-state index contributed by atoms with van der Waals surface area (Å²) in [4.78, 5) is 13.1. The summed E-state index contributed by atoms with van der Waals surface area (Å²) >= 11 is 0. The van der Waals surface area contributed by atoms with Crippen molar-refractivity contribution in [1.82, 2.24) is 10.2 Å². The van der Waals surface area contributed by atoms with Gasteiger partial charge in [0.2, 0.25) is 5.91 Å². The van der Waals surface area contributed by atoms with Gasteiger partial charge in [0.15, 0.2) is 0 Å². The number of nitrogens with zero attached hydrogens (tertiary/aromatic N) is 1. The standard InChI is InChI=1S/C11H18N2O2/c1-9-7-15-11(8-12-9)3-5-13(6-4-11)10(2)14/h12H,1,3-8H2,2H3. The number of piperidine rings is 1. The number of carbonyl (C=O) groups excluding carboxylic acids is 1. The Morgan fingerprint density at radius 1 is 1.53 bits per heavy atom. The Balaban J connectivity index is 1.92. The summed E-state index contributed by atoms with van der Waals surface area (Å²) in [5, 5.41) is 3.26. The van der Waals surface area contributed by atoms with Crippen LogP contribution in [0.3, 0.4) is 0 Å². The highest BCUT2D eigenvalue weighted by Gasteiger charge is 2.38. The highest BCUT2D eigenvalue weighted by Crippen LogP contribution is 2.28. The van der Waals surface area contributed by atoms with Crippen LogP contribution in [0.15, 0.2) is 12.3 Å². The van der Waals surface area contributed by atoms with Crippen molar-refractivity contribution < 1.29 is 9.53 Å². The van der Waals surface area contributed by atoms with E-state index in [4.69, 9.17) is 4.74 Å². The van der Waals surface area contributed by atoms with Crippen LogP contribution >= 0.6 is 0 Å². The molecule has 4 heteroatoms. The Labute approximate surface area is 90.3 Å². The van der Waals surface area contributed by atoms with E-state index in [2.05, 4.69) is 11.9 Å². The lowest BCUT2D eigenvalue weighted by Crippen LogP contribution is -2.55. The van der Waals surface area contributed by atoms with Crippen LogP contribution in [0.25, 0.3) is 0 Å². The van der Waals surface area contributed by atoms with Crippen molar-refractivity contribution in [2.24, 2.45) is 0 Å². The molecule has 2 fully saturated rings. The van der Waals surface area contributed by atoms with Crippen LogP contribution < -0.4 is 5.32 Å². The van der Waals surface area contributed by atoms with Gasteiger partial charge in [-0.25, -0.2) is 0 Å². The van der Waals surface area contributed by atoms with Gasteiger partial charge in [0.1, 0.15) is 0 Å². The third-order valence-electron chi connectivity index (χ3n) is 3.33. The predicted molar refractivity (Wildman–Crippen MR) is 57.3 cm³/mol.